The summed E-state index contributed by atoms with van der Waals surface area (Å²) in [7, 11) is 0. The molecule has 0 saturated carbocycles. The van der Waals surface area contributed by atoms with Crippen molar-refractivity contribution in [1.29, 1.82) is 0 Å². The van der Waals surface area contributed by atoms with E-state index in [-0.39, 0.29) is 5.91 Å². The van der Waals surface area contributed by atoms with Crippen LogP contribution in [0.1, 0.15) is 63.9 Å². The van der Waals surface area contributed by atoms with Gasteiger partial charge in [-0.1, -0.05) is 81.9 Å². The third-order valence-corrected chi connectivity index (χ3v) is 3.45. The smallest absolute Gasteiger partial charge is 0.240 e. The summed E-state index contributed by atoms with van der Waals surface area (Å²) in [5, 5.41) is 3.91. The molecular weight excluding hydrogens is 272 g/mol. The molecule has 0 aromatic heterocycles. The summed E-state index contributed by atoms with van der Waals surface area (Å²) in [5.74, 6) is -0.00193. The lowest BCUT2D eigenvalue weighted by Crippen LogP contribution is -2.16. The molecule has 0 radical (unpaired) electrons. The van der Waals surface area contributed by atoms with E-state index in [1.165, 1.54) is 32.1 Å². The summed E-state index contributed by atoms with van der Waals surface area (Å²) in [6.45, 7) is 2.22. The summed E-state index contributed by atoms with van der Waals surface area (Å²) < 4.78 is 0. The predicted octanol–water partition coefficient (Wildman–Crippen LogP) is 4.94. The molecule has 1 amide bonds. The van der Waals surface area contributed by atoms with E-state index in [0.717, 1.165) is 18.4 Å². The molecule has 0 atom stereocenters. The summed E-state index contributed by atoms with van der Waals surface area (Å²) in [4.78, 5) is 11.6. The minimum Gasteiger partial charge on any atom is -0.273 e. The molecule has 1 aromatic carbocycles. The molecule has 0 spiro atoms. The van der Waals surface area contributed by atoms with Crippen LogP contribution in [-0.2, 0) is 4.79 Å². The minimum atomic E-state index is -0.00193. The Kier molecular flexibility index (Phi) is 10.6. The van der Waals surface area contributed by atoms with Crippen LogP contribution in [0.15, 0.2) is 41.5 Å². The Morgan fingerprint density at radius 1 is 1.05 bits per heavy atom. The fourth-order valence-electron chi connectivity index (χ4n) is 2.17. The maximum absolute atomic E-state index is 11.6. The summed E-state index contributed by atoms with van der Waals surface area (Å²) in [6.07, 6.45) is 14.5. The second kappa shape index (κ2) is 12.8. The molecule has 0 fully saturated rings. The van der Waals surface area contributed by atoms with Crippen LogP contribution in [0, 0.1) is 0 Å². The number of allylic oxidation sites excluding steroid dienone is 1. The van der Waals surface area contributed by atoms with Gasteiger partial charge in [0.05, 0.1) is 0 Å². The molecule has 22 heavy (non-hydrogen) atoms. The molecule has 0 aliphatic carbocycles. The Bertz CT molecular complexity index is 452. The first kappa shape index (κ1) is 18.1. The van der Waals surface area contributed by atoms with Crippen molar-refractivity contribution in [3.8, 4) is 0 Å². The van der Waals surface area contributed by atoms with E-state index < -0.39 is 0 Å². The van der Waals surface area contributed by atoms with Crippen LogP contribution in [0.3, 0.4) is 0 Å². The Balaban J connectivity index is 2.03. The van der Waals surface area contributed by atoms with E-state index in [1.54, 1.807) is 6.21 Å². The number of hydrogen-bond acceptors (Lipinski definition) is 2. The molecular formula is C19H28N2O. The normalized spacial score (nSPS) is 11.3. The SMILES string of the molecule is CCCCCCCCCC(=O)N/N=C\C=C\c1ccccc1. The largest absolute Gasteiger partial charge is 0.273 e. The lowest BCUT2D eigenvalue weighted by Gasteiger charge is -2.00. The van der Waals surface area contributed by atoms with Gasteiger partial charge in [0.2, 0.25) is 5.91 Å². The van der Waals surface area contributed by atoms with Crippen LogP contribution in [0.5, 0.6) is 0 Å². The van der Waals surface area contributed by atoms with E-state index >= 15 is 0 Å². The van der Waals surface area contributed by atoms with Crippen LogP contribution >= 0.6 is 0 Å². The number of nitrogens with one attached hydrogen (secondary N) is 1. The quantitative estimate of drug-likeness (QED) is 0.351. The van der Waals surface area contributed by atoms with Crippen LogP contribution in [-0.4, -0.2) is 12.1 Å². The second-order valence-electron chi connectivity index (χ2n) is 5.45. The number of hydrazone groups is 1. The molecule has 0 aliphatic heterocycles. The lowest BCUT2D eigenvalue weighted by atomic mass is 10.1. The van der Waals surface area contributed by atoms with Gasteiger partial charge in [0.15, 0.2) is 0 Å². The fourth-order valence-corrected chi connectivity index (χ4v) is 2.17. The first-order valence-corrected chi connectivity index (χ1v) is 8.36. The van der Waals surface area contributed by atoms with Crippen LogP contribution < -0.4 is 5.43 Å². The number of benzene rings is 1. The lowest BCUT2D eigenvalue weighted by molar-refractivity contribution is -0.121. The number of amides is 1. The highest BCUT2D eigenvalue weighted by Crippen LogP contribution is 2.08. The second-order valence-corrected chi connectivity index (χ2v) is 5.45. The number of hydrogen-bond donors (Lipinski definition) is 1. The molecule has 0 bridgehead atoms. The van der Waals surface area contributed by atoms with E-state index in [2.05, 4.69) is 17.5 Å². The van der Waals surface area contributed by atoms with Gasteiger partial charge in [-0.2, -0.15) is 5.10 Å². The predicted molar refractivity (Wildman–Crippen MR) is 94.7 cm³/mol. The van der Waals surface area contributed by atoms with Crippen LogP contribution in [0.4, 0.5) is 0 Å². The van der Waals surface area contributed by atoms with Crippen molar-refractivity contribution in [3.63, 3.8) is 0 Å². The van der Waals surface area contributed by atoms with Gasteiger partial charge in [-0.25, -0.2) is 5.43 Å². The number of carbonyl (C=O) groups is 1. The van der Waals surface area contributed by atoms with Crippen molar-refractivity contribution in [2.75, 3.05) is 0 Å². The number of carbonyl (C=O) groups excluding carboxylic acids is 1. The zero-order valence-electron chi connectivity index (χ0n) is 13.6. The Morgan fingerprint density at radius 3 is 2.45 bits per heavy atom. The molecule has 120 valence electrons. The molecule has 3 heteroatoms. The average Bonchev–Trinajstić information content (AvgIpc) is 2.54. The molecule has 1 rings (SSSR count). The Hall–Kier alpha value is -1.90. The van der Waals surface area contributed by atoms with Gasteiger partial charge in [-0.15, -0.1) is 0 Å². The number of unbranched alkanes of at least 4 members (excludes halogenated alkanes) is 6. The van der Waals surface area contributed by atoms with E-state index in [9.17, 15) is 4.79 Å². The molecule has 0 aliphatic rings. The summed E-state index contributed by atoms with van der Waals surface area (Å²) >= 11 is 0. The molecule has 1 N–H and O–H groups in total. The third-order valence-electron chi connectivity index (χ3n) is 3.45. The van der Waals surface area contributed by atoms with Crippen molar-refractivity contribution in [1.82, 2.24) is 5.43 Å². The standard InChI is InChI=1S/C19H28N2O/c1-2-3-4-5-6-7-11-16-19(22)21-20-17-12-15-18-13-9-8-10-14-18/h8-10,12-15,17H,2-7,11,16H2,1H3,(H,21,22)/b15-12+,20-17-. The third kappa shape index (κ3) is 9.92. The first-order valence-electron chi connectivity index (χ1n) is 8.36. The molecule has 0 heterocycles. The zero-order chi connectivity index (χ0) is 15.9. The van der Waals surface area contributed by atoms with Gasteiger partial charge < -0.3 is 0 Å². The highest BCUT2D eigenvalue weighted by atomic mass is 16.2. The summed E-state index contributed by atoms with van der Waals surface area (Å²) in [6, 6.07) is 9.99. The molecule has 0 saturated heterocycles. The molecule has 1 aromatic rings. The van der Waals surface area contributed by atoms with Crippen molar-refractivity contribution < 1.29 is 4.79 Å². The topological polar surface area (TPSA) is 41.5 Å². The Morgan fingerprint density at radius 2 is 1.73 bits per heavy atom. The molecule has 3 nitrogen and oxygen atoms in total. The summed E-state index contributed by atoms with van der Waals surface area (Å²) in [5.41, 5.74) is 3.67. The van der Waals surface area contributed by atoms with E-state index in [4.69, 9.17) is 0 Å². The van der Waals surface area contributed by atoms with Crippen LogP contribution in [0.25, 0.3) is 6.08 Å². The minimum absolute atomic E-state index is 0.00193. The van der Waals surface area contributed by atoms with E-state index in [1.807, 2.05) is 42.5 Å². The zero-order valence-corrected chi connectivity index (χ0v) is 13.6. The molecule has 0 unspecified atom stereocenters. The van der Waals surface area contributed by atoms with Crippen molar-refractivity contribution >= 4 is 18.2 Å². The number of rotatable bonds is 11. The van der Waals surface area contributed by atoms with Crippen molar-refractivity contribution in [2.24, 2.45) is 5.10 Å². The van der Waals surface area contributed by atoms with Crippen molar-refractivity contribution in [2.45, 2.75) is 58.3 Å². The van der Waals surface area contributed by atoms with Gasteiger partial charge in [0.1, 0.15) is 0 Å². The Labute approximate surface area is 134 Å². The number of nitrogens with zero attached hydrogens (tertiary/aromatic N) is 1. The maximum Gasteiger partial charge on any atom is 0.240 e. The van der Waals surface area contributed by atoms with Gasteiger partial charge >= 0.3 is 0 Å². The van der Waals surface area contributed by atoms with Crippen LogP contribution in [0.2, 0.25) is 0 Å². The highest BCUT2D eigenvalue weighted by Gasteiger charge is 1.98. The monoisotopic (exact) mass is 300 g/mol. The first-order chi connectivity index (χ1) is 10.8. The van der Waals surface area contributed by atoms with Crippen molar-refractivity contribution in [3.05, 3.63) is 42.0 Å². The van der Waals surface area contributed by atoms with Gasteiger partial charge in [0, 0.05) is 12.6 Å². The van der Waals surface area contributed by atoms with Gasteiger partial charge in [-0.3, -0.25) is 4.79 Å². The highest BCUT2D eigenvalue weighted by molar-refractivity contribution is 5.81. The van der Waals surface area contributed by atoms with E-state index in [0.29, 0.717) is 6.42 Å². The van der Waals surface area contributed by atoms with Gasteiger partial charge in [0.25, 0.3) is 0 Å². The maximum atomic E-state index is 11.6. The average molecular weight is 300 g/mol. The van der Waals surface area contributed by atoms with Gasteiger partial charge in [-0.05, 0) is 18.1 Å². The fraction of sp³-hybridized carbons (Fsp3) is 0.474.